The SMILES string of the molecule is C=C(NCCCCC(C=O)CC(C)(C)C)c1ccc(C)cc1C. The minimum absolute atomic E-state index is 0.192. The van der Waals surface area contributed by atoms with Crippen LogP contribution < -0.4 is 5.32 Å². The van der Waals surface area contributed by atoms with Crippen LogP contribution in [0.5, 0.6) is 0 Å². The first-order chi connectivity index (χ1) is 10.7. The van der Waals surface area contributed by atoms with Crippen LogP contribution in [0.1, 0.15) is 63.1 Å². The third-order valence-corrected chi connectivity index (χ3v) is 4.11. The van der Waals surface area contributed by atoms with E-state index in [2.05, 4.69) is 64.7 Å². The molecular formula is C21H33NO. The molecule has 0 aliphatic carbocycles. The molecule has 23 heavy (non-hydrogen) atoms. The first-order valence-corrected chi connectivity index (χ1v) is 8.68. The number of rotatable bonds is 9. The van der Waals surface area contributed by atoms with Gasteiger partial charge in [-0.05, 0) is 49.7 Å². The van der Waals surface area contributed by atoms with Crippen LogP contribution in [-0.4, -0.2) is 12.8 Å². The standard InChI is InChI=1S/C21H33NO/c1-16-10-11-20(17(2)13-16)18(3)22-12-8-7-9-19(15-23)14-21(4,5)6/h10-11,13,15,19,22H,3,7-9,12,14H2,1-2,4-6H3. The largest absolute Gasteiger partial charge is 0.385 e. The van der Waals surface area contributed by atoms with Gasteiger partial charge in [-0.15, -0.1) is 0 Å². The molecule has 2 nitrogen and oxygen atoms in total. The second-order valence-electron chi connectivity index (χ2n) is 7.88. The Kier molecular flexibility index (Phi) is 7.54. The zero-order valence-corrected chi connectivity index (χ0v) is 15.5. The first kappa shape index (κ1) is 19.5. The average molecular weight is 316 g/mol. The molecule has 1 atom stereocenters. The third-order valence-electron chi connectivity index (χ3n) is 4.11. The quantitative estimate of drug-likeness (QED) is 0.496. The summed E-state index contributed by atoms with van der Waals surface area (Å²) in [5.74, 6) is 0.192. The maximum atomic E-state index is 11.2. The highest BCUT2D eigenvalue weighted by Gasteiger charge is 2.17. The molecule has 1 unspecified atom stereocenters. The molecule has 0 amide bonds. The van der Waals surface area contributed by atoms with Crippen LogP contribution in [0.2, 0.25) is 0 Å². The second-order valence-corrected chi connectivity index (χ2v) is 7.88. The Balaban J connectivity index is 2.31. The Morgan fingerprint density at radius 2 is 1.96 bits per heavy atom. The molecule has 0 radical (unpaired) electrons. The van der Waals surface area contributed by atoms with Crippen LogP contribution in [0.4, 0.5) is 0 Å². The van der Waals surface area contributed by atoms with Gasteiger partial charge in [-0.2, -0.15) is 0 Å². The van der Waals surface area contributed by atoms with Crippen molar-refractivity contribution in [3.63, 3.8) is 0 Å². The van der Waals surface area contributed by atoms with E-state index in [1.54, 1.807) is 0 Å². The number of unbranched alkanes of at least 4 members (excludes halogenated alkanes) is 1. The van der Waals surface area contributed by atoms with Crippen molar-refractivity contribution in [1.82, 2.24) is 5.32 Å². The number of aryl methyl sites for hydroxylation is 2. The van der Waals surface area contributed by atoms with E-state index in [-0.39, 0.29) is 11.3 Å². The number of hydrogen-bond donors (Lipinski definition) is 1. The third kappa shape index (κ3) is 7.49. The van der Waals surface area contributed by atoms with Gasteiger partial charge in [-0.1, -0.05) is 57.5 Å². The lowest BCUT2D eigenvalue weighted by atomic mass is 9.83. The topological polar surface area (TPSA) is 29.1 Å². The highest BCUT2D eigenvalue weighted by atomic mass is 16.1. The summed E-state index contributed by atoms with van der Waals surface area (Å²) >= 11 is 0. The van der Waals surface area contributed by atoms with Gasteiger partial charge in [0.1, 0.15) is 6.29 Å². The average Bonchev–Trinajstić information content (AvgIpc) is 2.44. The highest BCUT2D eigenvalue weighted by molar-refractivity contribution is 5.64. The van der Waals surface area contributed by atoms with E-state index in [1.165, 1.54) is 16.7 Å². The molecular weight excluding hydrogens is 282 g/mol. The fourth-order valence-electron chi connectivity index (χ4n) is 3.02. The maximum absolute atomic E-state index is 11.2. The number of carbonyl (C=O) groups excluding carboxylic acids is 1. The fourth-order valence-corrected chi connectivity index (χ4v) is 3.02. The van der Waals surface area contributed by atoms with Crippen molar-refractivity contribution in [3.05, 3.63) is 41.5 Å². The van der Waals surface area contributed by atoms with Crippen molar-refractivity contribution in [1.29, 1.82) is 0 Å². The fraction of sp³-hybridized carbons (Fsp3) is 0.571. The van der Waals surface area contributed by atoms with Gasteiger partial charge in [0.2, 0.25) is 0 Å². The van der Waals surface area contributed by atoms with Crippen molar-refractivity contribution in [2.75, 3.05) is 6.54 Å². The van der Waals surface area contributed by atoms with Crippen molar-refractivity contribution in [2.45, 2.75) is 60.3 Å². The maximum Gasteiger partial charge on any atom is 0.123 e. The normalized spacial score (nSPS) is 12.7. The zero-order valence-electron chi connectivity index (χ0n) is 15.5. The molecule has 0 heterocycles. The Bertz CT molecular complexity index is 525. The predicted molar refractivity (Wildman–Crippen MR) is 100 cm³/mol. The summed E-state index contributed by atoms with van der Waals surface area (Å²) in [6.07, 6.45) is 5.23. The Labute approximate surface area is 142 Å². The van der Waals surface area contributed by atoms with Crippen LogP contribution in [0, 0.1) is 25.2 Å². The molecule has 0 bridgehead atoms. The summed E-state index contributed by atoms with van der Waals surface area (Å²) in [5, 5.41) is 3.42. The lowest BCUT2D eigenvalue weighted by Crippen LogP contribution is -2.16. The van der Waals surface area contributed by atoms with Crippen molar-refractivity contribution in [3.8, 4) is 0 Å². The van der Waals surface area contributed by atoms with E-state index >= 15 is 0 Å². The number of aldehydes is 1. The van der Waals surface area contributed by atoms with Crippen molar-refractivity contribution < 1.29 is 4.79 Å². The van der Waals surface area contributed by atoms with Gasteiger partial charge in [0, 0.05) is 18.2 Å². The Morgan fingerprint density at radius 1 is 1.26 bits per heavy atom. The van der Waals surface area contributed by atoms with Gasteiger partial charge in [0.25, 0.3) is 0 Å². The molecule has 0 aromatic heterocycles. The van der Waals surface area contributed by atoms with E-state index in [9.17, 15) is 4.79 Å². The molecule has 1 aromatic rings. The van der Waals surface area contributed by atoms with Gasteiger partial charge in [0.05, 0.1) is 0 Å². The molecule has 1 aromatic carbocycles. The van der Waals surface area contributed by atoms with Gasteiger partial charge in [0.15, 0.2) is 0 Å². The van der Waals surface area contributed by atoms with E-state index in [4.69, 9.17) is 0 Å². The summed E-state index contributed by atoms with van der Waals surface area (Å²) < 4.78 is 0. The number of carbonyl (C=O) groups is 1. The lowest BCUT2D eigenvalue weighted by molar-refractivity contribution is -0.112. The first-order valence-electron chi connectivity index (χ1n) is 8.68. The van der Waals surface area contributed by atoms with Crippen LogP contribution in [-0.2, 0) is 4.79 Å². The zero-order chi connectivity index (χ0) is 17.5. The van der Waals surface area contributed by atoms with Gasteiger partial charge < -0.3 is 10.1 Å². The molecule has 0 spiro atoms. The monoisotopic (exact) mass is 315 g/mol. The van der Waals surface area contributed by atoms with Crippen LogP contribution in [0.3, 0.4) is 0 Å². The summed E-state index contributed by atoms with van der Waals surface area (Å²) in [4.78, 5) is 11.2. The minimum Gasteiger partial charge on any atom is -0.385 e. The molecule has 0 fully saturated rings. The van der Waals surface area contributed by atoms with Gasteiger partial charge in [-0.3, -0.25) is 0 Å². The molecule has 1 rings (SSSR count). The minimum atomic E-state index is 0.192. The number of nitrogens with one attached hydrogen (secondary N) is 1. The molecule has 128 valence electrons. The molecule has 0 aliphatic heterocycles. The van der Waals surface area contributed by atoms with Crippen molar-refractivity contribution >= 4 is 12.0 Å². The van der Waals surface area contributed by atoms with Crippen LogP contribution >= 0.6 is 0 Å². The highest BCUT2D eigenvalue weighted by Crippen LogP contribution is 2.26. The van der Waals surface area contributed by atoms with Gasteiger partial charge >= 0.3 is 0 Å². The van der Waals surface area contributed by atoms with E-state index in [0.29, 0.717) is 0 Å². The van der Waals surface area contributed by atoms with Crippen LogP contribution in [0.25, 0.3) is 5.70 Å². The summed E-state index contributed by atoms with van der Waals surface area (Å²) in [5.41, 5.74) is 4.94. The molecule has 1 N–H and O–H groups in total. The molecule has 0 aliphatic rings. The molecule has 0 saturated heterocycles. The van der Waals surface area contributed by atoms with Crippen LogP contribution in [0.15, 0.2) is 24.8 Å². The smallest absolute Gasteiger partial charge is 0.123 e. The summed E-state index contributed by atoms with van der Waals surface area (Å²) in [6.45, 7) is 15.9. The second kappa shape index (κ2) is 8.90. The Hall–Kier alpha value is -1.57. The van der Waals surface area contributed by atoms with Crippen molar-refractivity contribution in [2.24, 2.45) is 11.3 Å². The summed E-state index contributed by atoms with van der Waals surface area (Å²) in [7, 11) is 0. The molecule has 0 saturated carbocycles. The Morgan fingerprint density at radius 3 is 2.52 bits per heavy atom. The van der Waals surface area contributed by atoms with E-state index < -0.39 is 0 Å². The van der Waals surface area contributed by atoms with Gasteiger partial charge in [-0.25, -0.2) is 0 Å². The van der Waals surface area contributed by atoms with E-state index in [0.717, 1.165) is 44.2 Å². The predicted octanol–water partition coefficient (Wildman–Crippen LogP) is 5.29. The summed E-state index contributed by atoms with van der Waals surface area (Å²) in [6, 6.07) is 6.44. The number of benzene rings is 1. The number of hydrogen-bond acceptors (Lipinski definition) is 2. The molecule has 2 heteroatoms. The van der Waals surface area contributed by atoms with E-state index in [1.807, 2.05) is 0 Å². The lowest BCUT2D eigenvalue weighted by Gasteiger charge is -2.22.